The van der Waals surface area contributed by atoms with Crippen molar-refractivity contribution < 1.29 is 4.79 Å². The maximum atomic E-state index is 12.5. The average molecular weight is 289 g/mol. The fourth-order valence-electron chi connectivity index (χ4n) is 2.07. The number of hydrogen-bond donors (Lipinski definition) is 0. The summed E-state index contributed by atoms with van der Waals surface area (Å²) in [6, 6.07) is 11.6. The summed E-state index contributed by atoms with van der Waals surface area (Å²) in [5.41, 5.74) is 2.74. The van der Waals surface area contributed by atoms with Crippen molar-refractivity contribution in [1.82, 2.24) is 9.88 Å². The van der Waals surface area contributed by atoms with Crippen molar-refractivity contribution in [2.24, 2.45) is 0 Å². The van der Waals surface area contributed by atoms with Gasteiger partial charge < -0.3 is 4.90 Å². The number of aromatic nitrogens is 1. The number of amides is 1. The van der Waals surface area contributed by atoms with E-state index < -0.39 is 0 Å². The first-order valence-electron chi connectivity index (χ1n) is 6.57. The largest absolute Gasteiger partial charge is 0.335 e. The third kappa shape index (κ3) is 3.36. The number of rotatable bonds is 4. The van der Waals surface area contributed by atoms with Crippen molar-refractivity contribution in [3.63, 3.8) is 0 Å². The van der Waals surface area contributed by atoms with Crippen LogP contribution >= 0.6 is 11.6 Å². The molecule has 1 aromatic carbocycles. The van der Waals surface area contributed by atoms with E-state index in [0.29, 0.717) is 18.7 Å². The summed E-state index contributed by atoms with van der Waals surface area (Å²) in [6.45, 7) is 5.19. The molecule has 0 saturated carbocycles. The van der Waals surface area contributed by atoms with E-state index in [4.69, 9.17) is 11.6 Å². The van der Waals surface area contributed by atoms with Gasteiger partial charge in [0.05, 0.1) is 5.56 Å². The molecule has 2 rings (SSSR count). The molecule has 0 unspecified atom stereocenters. The maximum absolute atomic E-state index is 12.5. The molecule has 4 heteroatoms. The fourth-order valence-corrected chi connectivity index (χ4v) is 2.27. The van der Waals surface area contributed by atoms with E-state index in [1.165, 1.54) is 5.56 Å². The topological polar surface area (TPSA) is 33.2 Å². The zero-order valence-electron chi connectivity index (χ0n) is 11.6. The van der Waals surface area contributed by atoms with Crippen molar-refractivity contribution >= 4 is 17.5 Å². The molecule has 0 bridgehead atoms. The number of carbonyl (C=O) groups excluding carboxylic acids is 1. The van der Waals surface area contributed by atoms with E-state index in [1.54, 1.807) is 23.2 Å². The SMILES string of the molecule is CCN(Cc1cccc(C)c1)C(=O)c1cccnc1Cl. The highest BCUT2D eigenvalue weighted by molar-refractivity contribution is 6.32. The lowest BCUT2D eigenvalue weighted by atomic mass is 10.1. The molecule has 0 saturated heterocycles. The molecule has 1 amide bonds. The zero-order valence-corrected chi connectivity index (χ0v) is 12.4. The highest BCUT2D eigenvalue weighted by atomic mass is 35.5. The predicted molar refractivity (Wildman–Crippen MR) is 80.8 cm³/mol. The van der Waals surface area contributed by atoms with Crippen LogP contribution in [-0.4, -0.2) is 22.3 Å². The van der Waals surface area contributed by atoms with Crippen LogP contribution in [0.1, 0.15) is 28.4 Å². The Labute approximate surface area is 124 Å². The molecule has 1 heterocycles. The van der Waals surface area contributed by atoms with Gasteiger partial charge in [-0.3, -0.25) is 4.79 Å². The van der Waals surface area contributed by atoms with Gasteiger partial charge in [-0.15, -0.1) is 0 Å². The second-order valence-electron chi connectivity index (χ2n) is 4.65. The molecular weight excluding hydrogens is 272 g/mol. The highest BCUT2D eigenvalue weighted by Gasteiger charge is 2.17. The Balaban J connectivity index is 2.20. The molecule has 0 spiro atoms. The maximum Gasteiger partial charge on any atom is 0.257 e. The van der Waals surface area contributed by atoms with E-state index in [9.17, 15) is 4.79 Å². The molecular formula is C16H17ClN2O. The van der Waals surface area contributed by atoms with Crippen LogP contribution in [-0.2, 0) is 6.54 Å². The first kappa shape index (κ1) is 14.5. The molecule has 104 valence electrons. The zero-order chi connectivity index (χ0) is 14.5. The molecule has 2 aromatic rings. The quantitative estimate of drug-likeness (QED) is 0.804. The molecule has 0 atom stereocenters. The first-order chi connectivity index (χ1) is 9.61. The molecule has 3 nitrogen and oxygen atoms in total. The van der Waals surface area contributed by atoms with Gasteiger partial charge in [0.25, 0.3) is 5.91 Å². The predicted octanol–water partition coefficient (Wildman–Crippen LogP) is 3.71. The minimum atomic E-state index is -0.0906. The van der Waals surface area contributed by atoms with Gasteiger partial charge in [0.1, 0.15) is 5.15 Å². The lowest BCUT2D eigenvalue weighted by Gasteiger charge is -2.21. The van der Waals surface area contributed by atoms with E-state index in [-0.39, 0.29) is 11.1 Å². The van der Waals surface area contributed by atoms with Gasteiger partial charge >= 0.3 is 0 Å². The van der Waals surface area contributed by atoms with Crippen molar-refractivity contribution in [2.75, 3.05) is 6.54 Å². The summed E-state index contributed by atoms with van der Waals surface area (Å²) in [4.78, 5) is 18.2. The molecule has 0 fully saturated rings. The highest BCUT2D eigenvalue weighted by Crippen LogP contribution is 2.16. The Hall–Kier alpha value is -1.87. The van der Waals surface area contributed by atoms with E-state index >= 15 is 0 Å². The number of nitrogens with zero attached hydrogens (tertiary/aromatic N) is 2. The van der Waals surface area contributed by atoms with E-state index in [2.05, 4.69) is 11.1 Å². The molecule has 0 radical (unpaired) electrons. The molecule has 0 N–H and O–H groups in total. The third-order valence-corrected chi connectivity index (χ3v) is 3.42. The number of hydrogen-bond acceptors (Lipinski definition) is 2. The van der Waals surface area contributed by atoms with Crippen molar-refractivity contribution in [2.45, 2.75) is 20.4 Å². The van der Waals surface area contributed by atoms with Crippen LogP contribution in [0, 0.1) is 6.92 Å². The number of aryl methyl sites for hydroxylation is 1. The summed E-state index contributed by atoms with van der Waals surface area (Å²) >= 11 is 5.99. The monoisotopic (exact) mass is 288 g/mol. The van der Waals surface area contributed by atoms with Gasteiger partial charge in [0, 0.05) is 19.3 Å². The van der Waals surface area contributed by atoms with Gasteiger partial charge in [-0.25, -0.2) is 4.98 Å². The third-order valence-electron chi connectivity index (χ3n) is 3.11. The molecule has 0 aliphatic rings. The second kappa shape index (κ2) is 6.53. The normalized spacial score (nSPS) is 10.3. The lowest BCUT2D eigenvalue weighted by molar-refractivity contribution is 0.0752. The van der Waals surface area contributed by atoms with E-state index in [1.807, 2.05) is 32.0 Å². The standard InChI is InChI=1S/C16H17ClN2O/c1-3-19(11-13-7-4-6-12(2)10-13)16(20)14-8-5-9-18-15(14)17/h4-10H,3,11H2,1-2H3. The smallest absolute Gasteiger partial charge is 0.257 e. The van der Waals surface area contributed by atoms with E-state index in [0.717, 1.165) is 5.56 Å². The van der Waals surface area contributed by atoms with Crippen LogP contribution in [0.4, 0.5) is 0 Å². The summed E-state index contributed by atoms with van der Waals surface area (Å²) in [6.07, 6.45) is 1.58. The van der Waals surface area contributed by atoms with Crippen LogP contribution in [0.15, 0.2) is 42.6 Å². The van der Waals surface area contributed by atoms with Gasteiger partial charge in [0.15, 0.2) is 0 Å². The number of carbonyl (C=O) groups is 1. The molecule has 20 heavy (non-hydrogen) atoms. The summed E-state index contributed by atoms with van der Waals surface area (Å²) in [5.74, 6) is -0.0906. The second-order valence-corrected chi connectivity index (χ2v) is 5.01. The molecule has 1 aromatic heterocycles. The summed E-state index contributed by atoms with van der Waals surface area (Å²) in [5, 5.41) is 0.250. The minimum absolute atomic E-state index is 0.0906. The van der Waals surface area contributed by atoms with Gasteiger partial charge in [-0.1, -0.05) is 41.4 Å². The van der Waals surface area contributed by atoms with Gasteiger partial charge in [-0.05, 0) is 31.5 Å². The number of benzene rings is 1. The Bertz CT molecular complexity index is 613. The average Bonchev–Trinajstić information content (AvgIpc) is 2.44. The summed E-state index contributed by atoms with van der Waals surface area (Å²) in [7, 11) is 0. The van der Waals surface area contributed by atoms with Crippen molar-refractivity contribution in [3.05, 3.63) is 64.4 Å². The number of pyridine rings is 1. The Morgan fingerprint density at radius 1 is 1.30 bits per heavy atom. The lowest BCUT2D eigenvalue weighted by Crippen LogP contribution is -2.30. The van der Waals surface area contributed by atoms with Crippen LogP contribution in [0.2, 0.25) is 5.15 Å². The van der Waals surface area contributed by atoms with Crippen LogP contribution in [0.3, 0.4) is 0 Å². The van der Waals surface area contributed by atoms with Gasteiger partial charge in [0.2, 0.25) is 0 Å². The van der Waals surface area contributed by atoms with Crippen LogP contribution < -0.4 is 0 Å². The molecule has 0 aliphatic carbocycles. The van der Waals surface area contributed by atoms with Crippen LogP contribution in [0.25, 0.3) is 0 Å². The Kier molecular flexibility index (Phi) is 4.74. The van der Waals surface area contributed by atoms with Crippen molar-refractivity contribution in [1.29, 1.82) is 0 Å². The minimum Gasteiger partial charge on any atom is -0.335 e. The first-order valence-corrected chi connectivity index (χ1v) is 6.95. The fraction of sp³-hybridized carbons (Fsp3) is 0.250. The summed E-state index contributed by atoms with van der Waals surface area (Å²) < 4.78 is 0. The Morgan fingerprint density at radius 3 is 2.75 bits per heavy atom. The van der Waals surface area contributed by atoms with Crippen molar-refractivity contribution in [3.8, 4) is 0 Å². The molecule has 0 aliphatic heterocycles. The van der Waals surface area contributed by atoms with Gasteiger partial charge in [-0.2, -0.15) is 0 Å². The van der Waals surface area contributed by atoms with Crippen LogP contribution in [0.5, 0.6) is 0 Å². The Morgan fingerprint density at radius 2 is 2.10 bits per heavy atom. The number of halogens is 1.